The summed E-state index contributed by atoms with van der Waals surface area (Å²) in [6.45, 7) is 5.33. The molecule has 0 radical (unpaired) electrons. The molecule has 0 amide bonds. The van der Waals surface area contributed by atoms with Gasteiger partial charge in [0.2, 0.25) is 0 Å². The molecule has 124 valence electrons. The summed E-state index contributed by atoms with van der Waals surface area (Å²) in [5.41, 5.74) is 0.742. The number of benzene rings is 1. The Labute approximate surface area is 136 Å². The third kappa shape index (κ3) is 3.28. The number of hydrogen-bond donors (Lipinski definition) is 0. The summed E-state index contributed by atoms with van der Waals surface area (Å²) in [5.74, 6) is 1.72. The van der Waals surface area contributed by atoms with E-state index in [1.54, 1.807) is 19.1 Å². The van der Waals surface area contributed by atoms with E-state index in [-0.39, 0.29) is 11.9 Å². The molecule has 0 bridgehead atoms. The fraction of sp³-hybridized carbons (Fsp3) is 0.412. The molecule has 0 saturated carbocycles. The van der Waals surface area contributed by atoms with Crippen LogP contribution in [-0.2, 0) is 14.6 Å². The van der Waals surface area contributed by atoms with E-state index >= 15 is 0 Å². The van der Waals surface area contributed by atoms with Crippen LogP contribution >= 0.6 is 0 Å². The molecule has 6 heteroatoms. The molecule has 1 aliphatic rings. The van der Waals surface area contributed by atoms with Crippen molar-refractivity contribution in [3.05, 3.63) is 47.9 Å². The van der Waals surface area contributed by atoms with Crippen LogP contribution in [0.2, 0.25) is 0 Å². The zero-order valence-electron chi connectivity index (χ0n) is 13.4. The molecular formula is C17H21NO4S. The lowest BCUT2D eigenvalue weighted by Crippen LogP contribution is -2.39. The standard InChI is InChI=1S/C17H21NO4S/c1-3-23(19,20)17-7-5-4-6-14(17)18-10-11-21-16(12-18)15-9-8-13(2)22-15/h4-9,16H,3,10-12H2,1-2H3/t16-/m0/s1. The highest BCUT2D eigenvalue weighted by molar-refractivity contribution is 7.91. The van der Waals surface area contributed by atoms with Gasteiger partial charge in [-0.2, -0.15) is 0 Å². The molecule has 0 unspecified atom stereocenters. The lowest BCUT2D eigenvalue weighted by Gasteiger charge is -2.34. The first-order chi connectivity index (χ1) is 11.0. The van der Waals surface area contributed by atoms with E-state index in [0.717, 1.165) is 17.2 Å². The lowest BCUT2D eigenvalue weighted by molar-refractivity contribution is 0.0251. The Kier molecular flexibility index (Phi) is 4.46. The number of nitrogens with zero attached hydrogens (tertiary/aromatic N) is 1. The van der Waals surface area contributed by atoms with Gasteiger partial charge < -0.3 is 14.1 Å². The van der Waals surface area contributed by atoms with Crippen LogP contribution in [0.5, 0.6) is 0 Å². The number of hydrogen-bond acceptors (Lipinski definition) is 5. The second-order valence-corrected chi connectivity index (χ2v) is 7.87. The van der Waals surface area contributed by atoms with Crippen LogP contribution < -0.4 is 4.90 Å². The van der Waals surface area contributed by atoms with Gasteiger partial charge in [-0.25, -0.2) is 8.42 Å². The van der Waals surface area contributed by atoms with Crippen LogP contribution in [0.3, 0.4) is 0 Å². The van der Waals surface area contributed by atoms with Gasteiger partial charge in [0, 0.05) is 6.54 Å². The molecule has 0 N–H and O–H groups in total. The summed E-state index contributed by atoms with van der Waals surface area (Å²) in [6.07, 6.45) is -0.185. The zero-order valence-corrected chi connectivity index (χ0v) is 14.2. The molecule has 5 nitrogen and oxygen atoms in total. The third-order valence-electron chi connectivity index (χ3n) is 4.07. The highest BCUT2D eigenvalue weighted by Gasteiger charge is 2.27. The zero-order chi connectivity index (χ0) is 16.4. The second-order valence-electron chi connectivity index (χ2n) is 5.63. The Bertz CT molecular complexity index is 781. The van der Waals surface area contributed by atoms with Crippen molar-refractivity contribution in [2.24, 2.45) is 0 Å². The lowest BCUT2D eigenvalue weighted by atomic mass is 10.2. The Balaban J connectivity index is 1.90. The molecule has 3 rings (SSSR count). The summed E-state index contributed by atoms with van der Waals surface area (Å²) in [6, 6.07) is 11.0. The number of furan rings is 1. The fourth-order valence-corrected chi connectivity index (χ4v) is 3.92. The average molecular weight is 335 g/mol. The van der Waals surface area contributed by atoms with Gasteiger partial charge in [-0.3, -0.25) is 0 Å². The monoisotopic (exact) mass is 335 g/mol. The maximum Gasteiger partial charge on any atom is 0.180 e. The van der Waals surface area contributed by atoms with Gasteiger partial charge in [-0.1, -0.05) is 19.1 Å². The van der Waals surface area contributed by atoms with E-state index in [0.29, 0.717) is 24.6 Å². The highest BCUT2D eigenvalue weighted by Crippen LogP contribution is 2.31. The van der Waals surface area contributed by atoms with Gasteiger partial charge in [-0.15, -0.1) is 0 Å². The smallest absolute Gasteiger partial charge is 0.180 e. The summed E-state index contributed by atoms with van der Waals surface area (Å²) >= 11 is 0. The van der Waals surface area contributed by atoms with Crippen molar-refractivity contribution in [1.82, 2.24) is 0 Å². The number of morpholine rings is 1. The van der Waals surface area contributed by atoms with Gasteiger partial charge in [-0.05, 0) is 31.2 Å². The molecular weight excluding hydrogens is 314 g/mol. The summed E-state index contributed by atoms with van der Waals surface area (Å²) < 4.78 is 36.1. The molecule has 0 aliphatic carbocycles. The Hall–Kier alpha value is -1.79. The van der Waals surface area contributed by atoms with Crippen molar-refractivity contribution in [3.63, 3.8) is 0 Å². The van der Waals surface area contributed by atoms with Gasteiger partial charge >= 0.3 is 0 Å². The van der Waals surface area contributed by atoms with Gasteiger partial charge in [0.25, 0.3) is 0 Å². The van der Waals surface area contributed by atoms with E-state index < -0.39 is 9.84 Å². The number of rotatable bonds is 4. The first-order valence-corrected chi connectivity index (χ1v) is 9.41. The number of sulfone groups is 1. The molecule has 1 aliphatic heterocycles. The maximum atomic E-state index is 12.3. The van der Waals surface area contributed by atoms with Crippen LogP contribution in [0.1, 0.15) is 24.5 Å². The van der Waals surface area contributed by atoms with Crippen LogP contribution in [0.25, 0.3) is 0 Å². The predicted molar refractivity (Wildman–Crippen MR) is 88.5 cm³/mol. The predicted octanol–water partition coefficient (Wildman–Crippen LogP) is 2.96. The topological polar surface area (TPSA) is 59.8 Å². The molecule has 2 aromatic rings. The van der Waals surface area contributed by atoms with E-state index in [4.69, 9.17) is 9.15 Å². The highest BCUT2D eigenvalue weighted by atomic mass is 32.2. The molecule has 23 heavy (non-hydrogen) atoms. The average Bonchev–Trinajstić information content (AvgIpc) is 3.01. The van der Waals surface area contributed by atoms with E-state index in [1.165, 1.54) is 0 Å². The molecule has 1 aromatic heterocycles. The quantitative estimate of drug-likeness (QED) is 0.860. The number of para-hydroxylation sites is 1. The first kappa shape index (κ1) is 16.1. The molecule has 1 saturated heterocycles. The van der Waals surface area contributed by atoms with Gasteiger partial charge in [0.05, 0.1) is 29.5 Å². The SMILES string of the molecule is CCS(=O)(=O)c1ccccc1N1CCO[C@H](c2ccc(C)o2)C1. The number of aryl methyl sites for hydroxylation is 1. The maximum absolute atomic E-state index is 12.3. The summed E-state index contributed by atoms with van der Waals surface area (Å²) in [5, 5.41) is 0. The van der Waals surface area contributed by atoms with Gasteiger partial charge in [0.15, 0.2) is 9.84 Å². The minimum absolute atomic E-state index is 0.0924. The minimum Gasteiger partial charge on any atom is -0.464 e. The Morgan fingerprint density at radius 1 is 1.22 bits per heavy atom. The van der Waals surface area contributed by atoms with Crippen LogP contribution in [0, 0.1) is 6.92 Å². The van der Waals surface area contributed by atoms with Crippen LogP contribution in [0.4, 0.5) is 5.69 Å². The Morgan fingerprint density at radius 2 is 2.00 bits per heavy atom. The summed E-state index contributed by atoms with van der Waals surface area (Å²) in [4.78, 5) is 2.45. The molecule has 0 spiro atoms. The Morgan fingerprint density at radius 3 is 2.70 bits per heavy atom. The van der Waals surface area contributed by atoms with Crippen molar-refractivity contribution >= 4 is 15.5 Å². The molecule has 1 fully saturated rings. The van der Waals surface area contributed by atoms with Gasteiger partial charge in [0.1, 0.15) is 17.6 Å². The first-order valence-electron chi connectivity index (χ1n) is 7.76. The van der Waals surface area contributed by atoms with Crippen molar-refractivity contribution in [1.29, 1.82) is 0 Å². The number of ether oxygens (including phenoxy) is 1. The summed E-state index contributed by atoms with van der Waals surface area (Å²) in [7, 11) is -3.26. The molecule has 2 heterocycles. The van der Waals surface area contributed by atoms with E-state index in [2.05, 4.69) is 4.90 Å². The third-order valence-corrected chi connectivity index (χ3v) is 5.84. The largest absolute Gasteiger partial charge is 0.464 e. The van der Waals surface area contributed by atoms with E-state index in [9.17, 15) is 8.42 Å². The van der Waals surface area contributed by atoms with Crippen molar-refractivity contribution in [2.45, 2.75) is 24.8 Å². The van der Waals surface area contributed by atoms with E-state index in [1.807, 2.05) is 31.2 Å². The minimum atomic E-state index is -3.26. The number of anilines is 1. The molecule has 1 aromatic carbocycles. The van der Waals surface area contributed by atoms with Crippen LogP contribution in [0.15, 0.2) is 45.7 Å². The second kappa shape index (κ2) is 6.37. The van der Waals surface area contributed by atoms with Crippen LogP contribution in [-0.4, -0.2) is 33.9 Å². The van der Waals surface area contributed by atoms with Crippen molar-refractivity contribution < 1.29 is 17.6 Å². The molecule has 1 atom stereocenters. The normalized spacial score (nSPS) is 19.0. The fourth-order valence-electron chi connectivity index (χ4n) is 2.80. The van der Waals surface area contributed by atoms with Crippen molar-refractivity contribution in [2.75, 3.05) is 30.3 Å². The van der Waals surface area contributed by atoms with Crippen molar-refractivity contribution in [3.8, 4) is 0 Å².